The van der Waals surface area contributed by atoms with Crippen molar-refractivity contribution in [2.75, 3.05) is 11.1 Å². The van der Waals surface area contributed by atoms with Gasteiger partial charge in [0.1, 0.15) is 6.07 Å². The van der Waals surface area contributed by atoms with Gasteiger partial charge in [-0.3, -0.25) is 9.48 Å². The highest BCUT2D eigenvalue weighted by molar-refractivity contribution is 5.96. The van der Waals surface area contributed by atoms with E-state index in [9.17, 15) is 23.1 Å². The number of nitrogens with two attached hydrogens (primary N) is 1. The molecule has 0 bridgehead atoms. The number of carbonyl (C=O) groups is 1. The monoisotopic (exact) mass is 354 g/mol. The molecule has 132 valence electrons. The van der Waals surface area contributed by atoms with Crippen molar-refractivity contribution in [1.82, 2.24) is 14.8 Å². The minimum absolute atomic E-state index is 0.272. The van der Waals surface area contributed by atoms with Crippen molar-refractivity contribution in [2.45, 2.75) is 25.2 Å². The number of aromatic nitrogens is 3. The summed E-state index contributed by atoms with van der Waals surface area (Å²) in [6.45, 7) is 0.897. The largest absolute Gasteiger partial charge is 0.419 e. The Balaban J connectivity index is 2.21. The molecule has 2 heterocycles. The van der Waals surface area contributed by atoms with Gasteiger partial charge in [0.15, 0.2) is 11.3 Å². The van der Waals surface area contributed by atoms with Gasteiger partial charge in [0.05, 0.1) is 35.9 Å². The van der Waals surface area contributed by atoms with Crippen molar-refractivity contribution in [2.24, 2.45) is 0 Å². The lowest BCUT2D eigenvalue weighted by molar-refractivity contribution is -0.138. The fourth-order valence-electron chi connectivity index (χ4n) is 1.96. The van der Waals surface area contributed by atoms with Crippen LogP contribution in [-0.2, 0) is 17.5 Å². The summed E-state index contributed by atoms with van der Waals surface area (Å²) in [6.07, 6.45) is -1.22. The van der Waals surface area contributed by atoms with E-state index in [1.165, 1.54) is 30.1 Å². The fraction of sp³-hybridized carbons (Fsp3) is 0.286. The number of anilines is 2. The number of hydrogen-bond acceptors (Lipinski definition) is 6. The van der Waals surface area contributed by atoms with Crippen LogP contribution in [0.15, 0.2) is 24.7 Å². The van der Waals surface area contributed by atoms with E-state index in [0.29, 0.717) is 11.8 Å². The van der Waals surface area contributed by atoms with Gasteiger partial charge >= 0.3 is 6.18 Å². The number of pyridine rings is 1. The Kier molecular flexibility index (Phi) is 4.67. The van der Waals surface area contributed by atoms with E-state index in [1.54, 1.807) is 0 Å². The van der Waals surface area contributed by atoms with Crippen molar-refractivity contribution in [3.8, 4) is 6.07 Å². The minimum Gasteiger partial charge on any atom is -0.396 e. The molecule has 2 aromatic rings. The average molecular weight is 354 g/mol. The van der Waals surface area contributed by atoms with Gasteiger partial charge < -0.3 is 16.2 Å². The first-order valence-corrected chi connectivity index (χ1v) is 6.82. The summed E-state index contributed by atoms with van der Waals surface area (Å²) in [5.41, 5.74) is 1.41. The van der Waals surface area contributed by atoms with Gasteiger partial charge in [-0.25, -0.2) is 4.98 Å². The number of aliphatic hydroxyl groups is 1. The Morgan fingerprint density at radius 3 is 2.68 bits per heavy atom. The van der Waals surface area contributed by atoms with E-state index in [2.05, 4.69) is 15.4 Å². The van der Waals surface area contributed by atoms with Crippen molar-refractivity contribution >= 4 is 17.3 Å². The van der Waals surface area contributed by atoms with Gasteiger partial charge in [-0.05, 0) is 13.0 Å². The summed E-state index contributed by atoms with van der Waals surface area (Å²) in [6, 6.07) is 1.91. The molecule has 0 aliphatic heterocycles. The number of nitrogens with zero attached hydrogens (tertiary/aromatic N) is 4. The molecular weight excluding hydrogens is 341 g/mol. The lowest BCUT2D eigenvalue weighted by Crippen LogP contribution is -2.43. The third kappa shape index (κ3) is 4.24. The van der Waals surface area contributed by atoms with Gasteiger partial charge in [-0.15, -0.1) is 0 Å². The molecule has 2 rings (SSSR count). The summed E-state index contributed by atoms with van der Waals surface area (Å²) in [4.78, 5) is 15.5. The van der Waals surface area contributed by atoms with Gasteiger partial charge in [-0.2, -0.15) is 23.5 Å². The Morgan fingerprint density at radius 2 is 2.16 bits per heavy atom. The number of amides is 1. The molecule has 0 fully saturated rings. The predicted molar refractivity (Wildman–Crippen MR) is 79.8 cm³/mol. The molecule has 0 aliphatic carbocycles. The zero-order valence-electron chi connectivity index (χ0n) is 12.9. The number of nitrogens with one attached hydrogen (secondary N) is 1. The van der Waals surface area contributed by atoms with E-state index in [4.69, 9.17) is 11.0 Å². The molecule has 0 unspecified atom stereocenters. The molecule has 0 saturated carbocycles. The maximum Gasteiger partial charge on any atom is 0.419 e. The third-order valence-electron chi connectivity index (χ3n) is 3.17. The summed E-state index contributed by atoms with van der Waals surface area (Å²) in [7, 11) is 0. The van der Waals surface area contributed by atoms with Crippen molar-refractivity contribution < 1.29 is 23.1 Å². The standard InChI is InChI=1S/C14H13F3N6O2/c1-13(25,7-23-6-8(19)4-21-23)12(24)22-9-2-10(14(15,16)17)11(3-18)20-5-9/h2,4-6,25H,7,19H2,1H3,(H,22,24)/t13-/m0/s1. The highest BCUT2D eigenvalue weighted by atomic mass is 19.4. The third-order valence-corrected chi connectivity index (χ3v) is 3.17. The van der Waals surface area contributed by atoms with Crippen LogP contribution in [0.4, 0.5) is 24.5 Å². The van der Waals surface area contributed by atoms with Crippen molar-refractivity contribution in [3.05, 3.63) is 35.9 Å². The number of nitriles is 1. The first kappa shape index (κ1) is 18.2. The fourth-order valence-corrected chi connectivity index (χ4v) is 1.96. The highest BCUT2D eigenvalue weighted by Crippen LogP contribution is 2.32. The molecule has 0 radical (unpaired) electrons. The summed E-state index contributed by atoms with van der Waals surface area (Å²) in [5.74, 6) is -0.971. The number of alkyl halides is 3. The highest BCUT2D eigenvalue weighted by Gasteiger charge is 2.36. The minimum atomic E-state index is -4.81. The Bertz CT molecular complexity index is 838. The average Bonchev–Trinajstić information content (AvgIpc) is 2.90. The van der Waals surface area contributed by atoms with Crippen LogP contribution < -0.4 is 11.1 Å². The first-order valence-electron chi connectivity index (χ1n) is 6.82. The van der Waals surface area contributed by atoms with Crippen LogP contribution in [0, 0.1) is 11.3 Å². The lowest BCUT2D eigenvalue weighted by atomic mass is 10.1. The van der Waals surface area contributed by atoms with E-state index in [0.717, 1.165) is 6.20 Å². The molecule has 0 aliphatic rings. The number of carbonyl (C=O) groups excluding carboxylic acids is 1. The second kappa shape index (κ2) is 6.40. The lowest BCUT2D eigenvalue weighted by Gasteiger charge is -2.22. The molecule has 0 spiro atoms. The summed E-state index contributed by atoms with van der Waals surface area (Å²) in [5, 5.41) is 24.9. The quantitative estimate of drug-likeness (QED) is 0.755. The summed E-state index contributed by atoms with van der Waals surface area (Å²) >= 11 is 0. The molecule has 25 heavy (non-hydrogen) atoms. The Hall–Kier alpha value is -3.13. The Morgan fingerprint density at radius 1 is 1.48 bits per heavy atom. The van der Waals surface area contributed by atoms with Crippen LogP contribution in [-0.4, -0.2) is 31.4 Å². The SMILES string of the molecule is C[C@](O)(Cn1cc(N)cn1)C(=O)Nc1cnc(C#N)c(C(F)(F)F)c1. The van der Waals surface area contributed by atoms with Gasteiger partial charge in [0, 0.05) is 6.20 Å². The molecule has 4 N–H and O–H groups in total. The van der Waals surface area contributed by atoms with Crippen LogP contribution in [0.5, 0.6) is 0 Å². The Labute approximate surface area is 139 Å². The maximum atomic E-state index is 12.9. The van der Waals surface area contributed by atoms with Gasteiger partial charge in [0.2, 0.25) is 0 Å². The van der Waals surface area contributed by atoms with Crippen LogP contribution in [0.1, 0.15) is 18.2 Å². The maximum absolute atomic E-state index is 12.9. The molecule has 8 nitrogen and oxygen atoms in total. The number of halogens is 3. The molecule has 11 heteroatoms. The molecular formula is C14H13F3N6O2. The summed E-state index contributed by atoms with van der Waals surface area (Å²) < 4.78 is 39.9. The van der Waals surface area contributed by atoms with E-state index >= 15 is 0 Å². The molecule has 2 aromatic heterocycles. The predicted octanol–water partition coefficient (Wildman–Crippen LogP) is 1.14. The van der Waals surface area contributed by atoms with Crippen LogP contribution in [0.2, 0.25) is 0 Å². The van der Waals surface area contributed by atoms with E-state index in [-0.39, 0.29) is 12.2 Å². The smallest absolute Gasteiger partial charge is 0.396 e. The van der Waals surface area contributed by atoms with Crippen LogP contribution in [0.25, 0.3) is 0 Å². The molecule has 0 saturated heterocycles. The molecule has 1 amide bonds. The van der Waals surface area contributed by atoms with Gasteiger partial charge in [0.25, 0.3) is 5.91 Å². The first-order chi connectivity index (χ1) is 11.5. The van der Waals surface area contributed by atoms with Gasteiger partial charge in [-0.1, -0.05) is 0 Å². The second-order valence-corrected chi connectivity index (χ2v) is 5.43. The second-order valence-electron chi connectivity index (χ2n) is 5.43. The van der Waals surface area contributed by atoms with Crippen molar-refractivity contribution in [3.63, 3.8) is 0 Å². The van der Waals surface area contributed by atoms with Crippen molar-refractivity contribution in [1.29, 1.82) is 5.26 Å². The number of hydrogen-bond donors (Lipinski definition) is 3. The van der Waals surface area contributed by atoms with E-state index < -0.39 is 28.9 Å². The van der Waals surface area contributed by atoms with Crippen LogP contribution >= 0.6 is 0 Å². The zero-order valence-corrected chi connectivity index (χ0v) is 12.9. The topological polar surface area (TPSA) is 130 Å². The number of nitrogen functional groups attached to an aromatic ring is 1. The van der Waals surface area contributed by atoms with Crippen LogP contribution in [0.3, 0.4) is 0 Å². The molecule has 0 aromatic carbocycles. The molecule has 1 atom stereocenters. The van der Waals surface area contributed by atoms with E-state index in [1.807, 2.05) is 0 Å². The normalized spacial score (nSPS) is 13.8. The zero-order chi connectivity index (χ0) is 18.8. The number of rotatable bonds is 4.